The van der Waals surface area contributed by atoms with Crippen molar-refractivity contribution in [2.75, 3.05) is 48.8 Å². The van der Waals surface area contributed by atoms with Gasteiger partial charge < -0.3 is 25.2 Å². The summed E-state index contributed by atoms with van der Waals surface area (Å²) >= 11 is 7.48. The van der Waals surface area contributed by atoms with Crippen molar-refractivity contribution in [3.8, 4) is 22.7 Å². The van der Waals surface area contributed by atoms with Gasteiger partial charge in [-0.05, 0) is 55.8 Å². The molecule has 0 radical (unpaired) electrons. The number of carbonyl (C=O) groups is 2. The van der Waals surface area contributed by atoms with E-state index < -0.39 is 0 Å². The molecule has 240 valence electrons. The first-order chi connectivity index (χ1) is 22.7. The van der Waals surface area contributed by atoms with Crippen LogP contribution in [0.25, 0.3) is 16.9 Å². The number of aryl methyl sites for hydroxylation is 2. The number of rotatable bonds is 9. The molecule has 2 N–H and O–H groups in total. The summed E-state index contributed by atoms with van der Waals surface area (Å²) in [5.74, 6) is 1.30. The first-order valence-electron chi connectivity index (χ1n) is 14.8. The molecular formula is C33H32ClN9O3S. The fraction of sp³-hybridized carbons (Fsp3) is 0.212. The van der Waals surface area contributed by atoms with Crippen molar-refractivity contribution in [3.63, 3.8) is 0 Å². The van der Waals surface area contributed by atoms with Crippen LogP contribution in [-0.4, -0.2) is 74.7 Å². The normalized spacial score (nSPS) is 12.9. The van der Waals surface area contributed by atoms with Gasteiger partial charge in [0.1, 0.15) is 10.6 Å². The summed E-state index contributed by atoms with van der Waals surface area (Å²) in [7, 11) is 1.56. The molecule has 12 nitrogen and oxygen atoms in total. The van der Waals surface area contributed by atoms with Gasteiger partial charge in [0.2, 0.25) is 5.91 Å². The molecule has 6 rings (SSSR count). The standard InChI is InChI=1S/C33H32ClN9O3S/c1-5-28(44)41-13-15-42(16-14-41)31-25(43-21(3)11-12-37-43)17-22(18-35-31)24-9-10-26(46-4)30(38-24)40-33-36-19-27(47-33)32(45)39-29-20(2)7-6-8-23(29)34/h5-12,17-19H,1,13-16H2,2-4H3,(H,39,45)(H,36,38,40). The quantitative estimate of drug-likeness (QED) is 0.184. The predicted molar refractivity (Wildman–Crippen MR) is 184 cm³/mol. The fourth-order valence-corrected chi connectivity index (χ4v) is 6.22. The molecule has 2 amide bonds. The van der Waals surface area contributed by atoms with Crippen molar-refractivity contribution in [3.05, 3.63) is 94.9 Å². The molecule has 4 aromatic heterocycles. The highest BCUT2D eigenvalue weighted by Crippen LogP contribution is 2.34. The highest BCUT2D eigenvalue weighted by molar-refractivity contribution is 7.17. The van der Waals surface area contributed by atoms with Crippen LogP contribution in [0.4, 0.5) is 22.5 Å². The number of benzene rings is 1. The number of amides is 2. The number of halogens is 1. The Balaban J connectivity index is 1.27. The summed E-state index contributed by atoms with van der Waals surface area (Å²) in [5.41, 5.74) is 4.57. The Morgan fingerprint density at radius 2 is 1.87 bits per heavy atom. The third kappa shape index (κ3) is 6.67. The highest BCUT2D eigenvalue weighted by atomic mass is 35.5. The zero-order chi connectivity index (χ0) is 33.1. The lowest BCUT2D eigenvalue weighted by Crippen LogP contribution is -2.48. The van der Waals surface area contributed by atoms with Crippen LogP contribution in [0.5, 0.6) is 5.75 Å². The number of pyridine rings is 2. The van der Waals surface area contributed by atoms with Crippen LogP contribution < -0.4 is 20.3 Å². The molecule has 0 saturated carbocycles. The van der Waals surface area contributed by atoms with Gasteiger partial charge in [0.25, 0.3) is 5.91 Å². The van der Waals surface area contributed by atoms with E-state index in [0.29, 0.717) is 64.2 Å². The molecule has 1 aromatic carbocycles. The lowest BCUT2D eigenvalue weighted by Gasteiger charge is -2.35. The number of para-hydroxylation sites is 1. The molecule has 5 heterocycles. The van der Waals surface area contributed by atoms with E-state index in [9.17, 15) is 9.59 Å². The third-order valence-corrected chi connectivity index (χ3v) is 8.99. The number of hydrogen-bond acceptors (Lipinski definition) is 10. The second-order valence-corrected chi connectivity index (χ2v) is 12.2. The van der Waals surface area contributed by atoms with Crippen LogP contribution in [0.1, 0.15) is 20.9 Å². The molecule has 1 saturated heterocycles. The Hall–Kier alpha value is -5.27. The maximum absolute atomic E-state index is 13.0. The zero-order valence-corrected chi connectivity index (χ0v) is 27.6. The molecular weight excluding hydrogens is 638 g/mol. The van der Waals surface area contributed by atoms with Crippen LogP contribution in [0.2, 0.25) is 5.02 Å². The minimum Gasteiger partial charge on any atom is -0.493 e. The van der Waals surface area contributed by atoms with Gasteiger partial charge in [0, 0.05) is 49.8 Å². The molecule has 1 fully saturated rings. The van der Waals surface area contributed by atoms with E-state index in [4.69, 9.17) is 26.3 Å². The fourth-order valence-electron chi connectivity index (χ4n) is 5.24. The third-order valence-electron chi connectivity index (χ3n) is 7.76. The zero-order valence-electron chi connectivity index (χ0n) is 26.0. The molecule has 0 spiro atoms. The van der Waals surface area contributed by atoms with Crippen molar-refractivity contribution in [2.45, 2.75) is 13.8 Å². The van der Waals surface area contributed by atoms with Crippen LogP contribution in [0.3, 0.4) is 0 Å². The molecule has 1 aliphatic heterocycles. The molecule has 1 aliphatic rings. The van der Waals surface area contributed by atoms with E-state index >= 15 is 0 Å². The summed E-state index contributed by atoms with van der Waals surface area (Å²) in [6.07, 6.45) is 6.37. The minimum atomic E-state index is -0.318. The van der Waals surface area contributed by atoms with Crippen molar-refractivity contribution < 1.29 is 14.3 Å². The molecule has 5 aromatic rings. The van der Waals surface area contributed by atoms with Crippen molar-refractivity contribution in [2.24, 2.45) is 0 Å². The predicted octanol–water partition coefficient (Wildman–Crippen LogP) is 5.90. The van der Waals surface area contributed by atoms with Gasteiger partial charge in [-0.1, -0.05) is 41.6 Å². The first kappa shape index (κ1) is 31.7. The smallest absolute Gasteiger partial charge is 0.267 e. The molecule has 47 heavy (non-hydrogen) atoms. The van der Waals surface area contributed by atoms with E-state index in [-0.39, 0.29) is 11.8 Å². The summed E-state index contributed by atoms with van der Waals surface area (Å²) in [6.45, 7) is 9.86. The van der Waals surface area contributed by atoms with E-state index in [2.05, 4.69) is 32.2 Å². The van der Waals surface area contributed by atoms with Gasteiger partial charge in [-0.25, -0.2) is 19.6 Å². The van der Waals surface area contributed by atoms with Crippen molar-refractivity contribution >= 4 is 57.2 Å². The Morgan fingerprint density at radius 3 is 2.57 bits per heavy atom. The number of aromatic nitrogens is 5. The number of anilines is 4. The second kappa shape index (κ2) is 13.6. The van der Waals surface area contributed by atoms with Crippen LogP contribution in [-0.2, 0) is 4.79 Å². The van der Waals surface area contributed by atoms with Gasteiger partial charge in [0.15, 0.2) is 22.5 Å². The molecule has 0 unspecified atom stereocenters. The SMILES string of the molecule is C=CC(=O)N1CCN(c2ncc(-c3ccc(OC)c(Nc4ncc(C(=O)Nc5c(C)cccc5Cl)s4)n3)cc2-n2nccc2C)CC1. The Kier molecular flexibility index (Phi) is 9.18. The van der Waals surface area contributed by atoms with E-state index in [0.717, 1.165) is 28.3 Å². The van der Waals surface area contributed by atoms with Crippen LogP contribution in [0.15, 0.2) is 73.7 Å². The number of thiazole rings is 1. The molecule has 0 bridgehead atoms. The van der Waals surface area contributed by atoms with Gasteiger partial charge in [-0.15, -0.1) is 0 Å². The number of piperazine rings is 1. The summed E-state index contributed by atoms with van der Waals surface area (Å²) in [6, 6.07) is 13.0. The summed E-state index contributed by atoms with van der Waals surface area (Å²) in [5, 5.41) is 11.6. The molecule has 0 atom stereocenters. The largest absolute Gasteiger partial charge is 0.493 e. The summed E-state index contributed by atoms with van der Waals surface area (Å²) < 4.78 is 7.44. The van der Waals surface area contributed by atoms with Crippen molar-refractivity contribution in [1.82, 2.24) is 29.6 Å². The lowest BCUT2D eigenvalue weighted by molar-refractivity contribution is -0.126. The van der Waals surface area contributed by atoms with Crippen molar-refractivity contribution in [1.29, 1.82) is 0 Å². The maximum Gasteiger partial charge on any atom is 0.267 e. The van der Waals surface area contributed by atoms with E-state index in [1.165, 1.54) is 23.6 Å². The van der Waals surface area contributed by atoms with Gasteiger partial charge in [0.05, 0.1) is 29.7 Å². The van der Waals surface area contributed by atoms with Gasteiger partial charge >= 0.3 is 0 Å². The topological polar surface area (TPSA) is 130 Å². The Morgan fingerprint density at radius 1 is 1.06 bits per heavy atom. The molecule has 0 aliphatic carbocycles. The second-order valence-electron chi connectivity index (χ2n) is 10.8. The average molecular weight is 670 g/mol. The molecule has 14 heteroatoms. The van der Waals surface area contributed by atoms with E-state index in [1.807, 2.05) is 54.9 Å². The highest BCUT2D eigenvalue weighted by Gasteiger charge is 2.24. The van der Waals surface area contributed by atoms with E-state index in [1.54, 1.807) is 30.5 Å². The van der Waals surface area contributed by atoms with Gasteiger partial charge in [-0.2, -0.15) is 5.10 Å². The Bertz CT molecular complexity index is 1950. The van der Waals surface area contributed by atoms with Crippen LogP contribution in [0, 0.1) is 13.8 Å². The van der Waals surface area contributed by atoms with Crippen LogP contribution >= 0.6 is 22.9 Å². The summed E-state index contributed by atoms with van der Waals surface area (Å²) in [4.78, 5) is 43.6. The number of nitrogens with zero attached hydrogens (tertiary/aromatic N) is 7. The number of nitrogens with one attached hydrogen (secondary N) is 2. The Labute approximate surface area is 280 Å². The number of hydrogen-bond donors (Lipinski definition) is 2. The monoisotopic (exact) mass is 669 g/mol. The van der Waals surface area contributed by atoms with Gasteiger partial charge in [-0.3, -0.25) is 9.59 Å². The number of ether oxygens (including phenoxy) is 1. The minimum absolute atomic E-state index is 0.0736. The maximum atomic E-state index is 13.0. The average Bonchev–Trinajstić information content (AvgIpc) is 3.74. The first-order valence-corrected chi connectivity index (χ1v) is 16.0. The number of carbonyl (C=O) groups excluding carboxylic acids is 2. The lowest BCUT2D eigenvalue weighted by atomic mass is 10.1. The number of methoxy groups -OCH3 is 1.